The van der Waals surface area contributed by atoms with E-state index >= 15 is 0 Å². The highest BCUT2D eigenvalue weighted by molar-refractivity contribution is 5.23. The van der Waals surface area contributed by atoms with Crippen LogP contribution in [0.5, 0.6) is 0 Å². The fraction of sp³-hybridized carbons (Fsp3) is 0.250. The first-order valence-corrected chi connectivity index (χ1v) is 6.61. The van der Waals surface area contributed by atoms with Crippen molar-refractivity contribution in [1.82, 2.24) is 4.90 Å². The molecule has 1 unspecified atom stereocenters. The minimum Gasteiger partial charge on any atom is -0.329 e. The van der Waals surface area contributed by atoms with Crippen LogP contribution in [0.4, 0.5) is 13.2 Å². The van der Waals surface area contributed by atoms with Crippen molar-refractivity contribution in [2.45, 2.75) is 12.6 Å². The van der Waals surface area contributed by atoms with Gasteiger partial charge < -0.3 is 5.73 Å². The highest BCUT2D eigenvalue weighted by Crippen LogP contribution is 2.23. The lowest BCUT2D eigenvalue weighted by atomic mass is 10.0. The van der Waals surface area contributed by atoms with Gasteiger partial charge in [0.05, 0.1) is 0 Å². The first-order valence-electron chi connectivity index (χ1n) is 6.61. The average Bonchev–Trinajstić information content (AvgIpc) is 2.41. The van der Waals surface area contributed by atoms with Crippen LogP contribution in [-0.2, 0) is 6.54 Å². The quantitative estimate of drug-likeness (QED) is 0.917. The second kappa shape index (κ2) is 6.74. The van der Waals surface area contributed by atoms with Gasteiger partial charge in [-0.15, -0.1) is 0 Å². The summed E-state index contributed by atoms with van der Waals surface area (Å²) >= 11 is 0. The Labute approximate surface area is 122 Å². The number of hydrogen-bond acceptors (Lipinski definition) is 2. The second-order valence-electron chi connectivity index (χ2n) is 4.96. The first kappa shape index (κ1) is 15.5. The third kappa shape index (κ3) is 3.83. The third-order valence-corrected chi connectivity index (χ3v) is 3.40. The van der Waals surface area contributed by atoms with Gasteiger partial charge in [-0.25, -0.2) is 13.2 Å². The lowest BCUT2D eigenvalue weighted by Gasteiger charge is -2.27. The maximum Gasteiger partial charge on any atom is 0.127 e. The Balaban J connectivity index is 2.22. The molecule has 0 fully saturated rings. The lowest BCUT2D eigenvalue weighted by Crippen LogP contribution is -2.30. The predicted octanol–water partition coefficient (Wildman–Crippen LogP) is 3.24. The molecule has 0 aliphatic rings. The van der Waals surface area contributed by atoms with Gasteiger partial charge >= 0.3 is 0 Å². The molecule has 2 rings (SSSR count). The summed E-state index contributed by atoms with van der Waals surface area (Å²) in [5, 5.41) is 0. The van der Waals surface area contributed by atoms with Crippen molar-refractivity contribution in [1.29, 1.82) is 0 Å². The van der Waals surface area contributed by atoms with Crippen LogP contribution in [0.1, 0.15) is 17.2 Å². The average molecular weight is 294 g/mol. The zero-order chi connectivity index (χ0) is 15.4. The van der Waals surface area contributed by atoms with Gasteiger partial charge in [0.2, 0.25) is 0 Å². The monoisotopic (exact) mass is 294 g/mol. The topological polar surface area (TPSA) is 29.3 Å². The highest BCUT2D eigenvalue weighted by Gasteiger charge is 2.18. The number of benzene rings is 2. The third-order valence-electron chi connectivity index (χ3n) is 3.40. The molecule has 2 nitrogen and oxygen atoms in total. The molecule has 0 aromatic heterocycles. The van der Waals surface area contributed by atoms with Crippen molar-refractivity contribution in [2.75, 3.05) is 13.6 Å². The van der Waals surface area contributed by atoms with Gasteiger partial charge in [-0.3, -0.25) is 4.90 Å². The van der Waals surface area contributed by atoms with E-state index < -0.39 is 17.7 Å². The summed E-state index contributed by atoms with van der Waals surface area (Å²) in [4.78, 5) is 1.77. The molecule has 0 bridgehead atoms. The molecule has 1 atom stereocenters. The van der Waals surface area contributed by atoms with Gasteiger partial charge in [-0.2, -0.15) is 0 Å². The normalized spacial score (nSPS) is 12.7. The fourth-order valence-electron chi connectivity index (χ4n) is 2.34. The van der Waals surface area contributed by atoms with Crippen LogP contribution in [0.25, 0.3) is 0 Å². The summed E-state index contributed by atoms with van der Waals surface area (Å²) in [6.07, 6.45) is 0. The molecule has 0 saturated heterocycles. The standard InChI is InChI=1S/C16H17F3N2/c1-21(10-11-4-2-3-5-15(11)19)16(9-20)12-6-13(17)8-14(18)7-12/h2-8,16H,9-10,20H2,1H3. The Bertz CT molecular complexity index is 596. The number of rotatable bonds is 5. The molecule has 0 amide bonds. The minimum atomic E-state index is -0.650. The fourth-order valence-corrected chi connectivity index (χ4v) is 2.34. The van der Waals surface area contributed by atoms with Crippen molar-refractivity contribution in [3.05, 3.63) is 71.0 Å². The van der Waals surface area contributed by atoms with E-state index in [4.69, 9.17) is 5.73 Å². The molecule has 2 aromatic rings. The van der Waals surface area contributed by atoms with Crippen LogP contribution in [0.2, 0.25) is 0 Å². The van der Waals surface area contributed by atoms with E-state index in [9.17, 15) is 13.2 Å². The smallest absolute Gasteiger partial charge is 0.127 e. The molecule has 0 aliphatic heterocycles. The van der Waals surface area contributed by atoms with E-state index in [1.165, 1.54) is 18.2 Å². The number of nitrogens with two attached hydrogens (primary N) is 1. The van der Waals surface area contributed by atoms with E-state index in [0.29, 0.717) is 17.7 Å². The summed E-state index contributed by atoms with van der Waals surface area (Å²) in [6.45, 7) is 0.473. The van der Waals surface area contributed by atoms with Crippen LogP contribution in [0, 0.1) is 17.5 Å². The molecule has 112 valence electrons. The molecule has 2 aromatic carbocycles. The second-order valence-corrected chi connectivity index (χ2v) is 4.96. The van der Waals surface area contributed by atoms with Gasteiger partial charge in [-0.05, 0) is 30.8 Å². The van der Waals surface area contributed by atoms with Gasteiger partial charge in [0.25, 0.3) is 0 Å². The number of likely N-dealkylation sites (N-methyl/N-ethyl adjacent to an activating group) is 1. The molecule has 0 radical (unpaired) electrons. The van der Waals surface area contributed by atoms with Gasteiger partial charge in [-0.1, -0.05) is 18.2 Å². The number of nitrogens with zero attached hydrogens (tertiary/aromatic N) is 1. The van der Waals surface area contributed by atoms with E-state index in [-0.39, 0.29) is 12.4 Å². The molecule has 5 heteroatoms. The molecular weight excluding hydrogens is 277 g/mol. The van der Waals surface area contributed by atoms with Crippen molar-refractivity contribution in [2.24, 2.45) is 5.73 Å². The van der Waals surface area contributed by atoms with Crippen molar-refractivity contribution < 1.29 is 13.2 Å². The Morgan fingerprint density at radius 1 is 1.05 bits per heavy atom. The number of hydrogen-bond donors (Lipinski definition) is 1. The molecule has 0 spiro atoms. The van der Waals surface area contributed by atoms with Crippen molar-refractivity contribution in [3.8, 4) is 0 Å². The summed E-state index contributed by atoms with van der Waals surface area (Å²) in [7, 11) is 1.74. The first-order chi connectivity index (χ1) is 10.0. The van der Waals surface area contributed by atoms with Crippen LogP contribution in [0.3, 0.4) is 0 Å². The van der Waals surface area contributed by atoms with Gasteiger partial charge in [0.15, 0.2) is 0 Å². The van der Waals surface area contributed by atoms with E-state index in [1.54, 1.807) is 30.1 Å². The van der Waals surface area contributed by atoms with Crippen molar-refractivity contribution in [3.63, 3.8) is 0 Å². The Morgan fingerprint density at radius 2 is 1.67 bits per heavy atom. The van der Waals surface area contributed by atoms with Crippen LogP contribution < -0.4 is 5.73 Å². The summed E-state index contributed by atoms with van der Waals surface area (Å²) in [6, 6.07) is 9.32. The maximum absolute atomic E-state index is 13.7. The van der Waals surface area contributed by atoms with Crippen LogP contribution in [0.15, 0.2) is 42.5 Å². The Morgan fingerprint density at radius 3 is 2.24 bits per heavy atom. The minimum absolute atomic E-state index is 0.174. The molecule has 0 saturated carbocycles. The summed E-state index contributed by atoms with van der Waals surface area (Å²) in [5.41, 5.74) is 6.67. The summed E-state index contributed by atoms with van der Waals surface area (Å²) in [5.74, 6) is -1.61. The molecule has 21 heavy (non-hydrogen) atoms. The molecule has 0 aliphatic carbocycles. The zero-order valence-corrected chi connectivity index (χ0v) is 11.7. The Kier molecular flexibility index (Phi) is 4.98. The van der Waals surface area contributed by atoms with Crippen LogP contribution >= 0.6 is 0 Å². The zero-order valence-electron chi connectivity index (χ0n) is 11.7. The maximum atomic E-state index is 13.7. The van der Waals surface area contributed by atoms with Crippen molar-refractivity contribution >= 4 is 0 Å². The molecular formula is C16H17F3N2. The summed E-state index contributed by atoms with van der Waals surface area (Å²) < 4.78 is 40.3. The largest absolute Gasteiger partial charge is 0.329 e. The van der Waals surface area contributed by atoms with Crippen LogP contribution in [-0.4, -0.2) is 18.5 Å². The SMILES string of the molecule is CN(Cc1ccccc1F)C(CN)c1cc(F)cc(F)c1. The molecule has 2 N–H and O–H groups in total. The van der Waals surface area contributed by atoms with E-state index in [0.717, 1.165) is 6.07 Å². The van der Waals surface area contributed by atoms with Gasteiger partial charge in [0.1, 0.15) is 17.5 Å². The van der Waals surface area contributed by atoms with Gasteiger partial charge in [0, 0.05) is 30.8 Å². The Hall–Kier alpha value is -1.85. The molecule has 0 heterocycles. The highest BCUT2D eigenvalue weighted by atomic mass is 19.1. The van der Waals surface area contributed by atoms with E-state index in [1.807, 2.05) is 0 Å². The lowest BCUT2D eigenvalue weighted by molar-refractivity contribution is 0.237. The number of halogens is 3. The predicted molar refractivity (Wildman–Crippen MR) is 76.0 cm³/mol. The van der Waals surface area contributed by atoms with E-state index in [2.05, 4.69) is 0 Å².